The summed E-state index contributed by atoms with van der Waals surface area (Å²) in [6.07, 6.45) is 16.2. The molecular weight excluding hydrogens is 972 g/mol. The van der Waals surface area contributed by atoms with Crippen LogP contribution in [0.4, 0.5) is 17.3 Å². The van der Waals surface area contributed by atoms with E-state index in [0.29, 0.717) is 11.3 Å². The third-order valence-electron chi connectivity index (χ3n) is 13.8. The summed E-state index contributed by atoms with van der Waals surface area (Å²) < 4.78 is 39.0. The van der Waals surface area contributed by atoms with Gasteiger partial charge in [-0.05, 0) is 136 Å². The second kappa shape index (κ2) is 20.5. The van der Waals surface area contributed by atoms with Crippen LogP contribution in [0.5, 0.6) is 0 Å². The van der Waals surface area contributed by atoms with E-state index < -0.39 is 23.1 Å². The topological polar surface area (TPSA) is 0 Å². The van der Waals surface area contributed by atoms with Crippen molar-refractivity contribution in [3.05, 3.63) is 192 Å². The molecule has 0 bridgehead atoms. The zero-order valence-corrected chi connectivity index (χ0v) is 43.3. The summed E-state index contributed by atoms with van der Waals surface area (Å²) in [5.74, 6) is 0. The van der Waals surface area contributed by atoms with Gasteiger partial charge in [-0.25, -0.2) is 0 Å². The summed E-state index contributed by atoms with van der Waals surface area (Å²) >= 11 is 0. The molecule has 4 atom stereocenters. The first-order valence-electron chi connectivity index (χ1n) is 23.8. The van der Waals surface area contributed by atoms with Crippen LogP contribution in [0.3, 0.4) is 0 Å². The van der Waals surface area contributed by atoms with Crippen molar-refractivity contribution in [2.45, 2.75) is 101 Å². The molecule has 0 N–H and O–H groups in total. The molecular formula is C60H60BF4P2Rh-. The predicted octanol–water partition coefficient (Wildman–Crippen LogP) is 20.0. The predicted molar refractivity (Wildman–Crippen MR) is 287 cm³/mol. The van der Waals surface area contributed by atoms with E-state index in [1.54, 1.807) is 11.1 Å². The molecule has 351 valence electrons. The molecule has 0 spiro atoms. The van der Waals surface area contributed by atoms with Gasteiger partial charge < -0.3 is 17.3 Å². The Hall–Kier alpha value is -4.45. The molecule has 8 aromatic carbocycles. The second-order valence-electron chi connectivity index (χ2n) is 20.2. The van der Waals surface area contributed by atoms with Crippen LogP contribution in [-0.4, -0.2) is 17.6 Å². The van der Waals surface area contributed by atoms with E-state index in [1.165, 1.54) is 102 Å². The molecule has 11 rings (SSSR count). The Morgan fingerprint density at radius 2 is 0.647 bits per heavy atom. The molecule has 2 aliphatic heterocycles. The Morgan fingerprint density at radius 3 is 0.941 bits per heavy atom. The summed E-state index contributed by atoms with van der Waals surface area (Å²) in [7, 11) is -7.11. The Kier molecular flexibility index (Phi) is 15.0. The second-order valence-corrected chi connectivity index (χ2v) is 26.5. The normalized spacial score (nSPS) is 20.0. The summed E-state index contributed by atoms with van der Waals surface area (Å²) in [6, 6.07) is 56.5. The molecule has 0 fully saturated rings. The quantitative estimate of drug-likeness (QED) is 0.0665. The van der Waals surface area contributed by atoms with Crippen LogP contribution >= 0.6 is 15.8 Å². The molecule has 0 nitrogen and oxygen atoms in total. The number of fused-ring (bicyclic) bond motifs is 14. The van der Waals surface area contributed by atoms with Gasteiger partial charge in [0, 0.05) is 30.8 Å². The molecule has 0 saturated carbocycles. The van der Waals surface area contributed by atoms with Gasteiger partial charge in [0.05, 0.1) is 0 Å². The molecule has 1 aliphatic carbocycles. The van der Waals surface area contributed by atoms with Crippen LogP contribution in [0.2, 0.25) is 0 Å². The molecule has 4 unspecified atom stereocenters. The van der Waals surface area contributed by atoms with Gasteiger partial charge in [-0.15, -0.1) is 0 Å². The van der Waals surface area contributed by atoms with Gasteiger partial charge in [-0.1, -0.05) is 227 Å². The Bertz CT molecular complexity index is 2940. The van der Waals surface area contributed by atoms with Crippen molar-refractivity contribution in [2.75, 3.05) is 0 Å². The molecule has 0 amide bonds. The minimum absolute atomic E-state index is 0. The monoisotopic (exact) mass is 1030 g/mol. The Morgan fingerprint density at radius 1 is 0.382 bits per heavy atom. The number of hydrogen-bond donors (Lipinski definition) is 0. The molecule has 1 radical (unpaired) electrons. The third kappa shape index (κ3) is 10.4. The van der Waals surface area contributed by atoms with E-state index in [9.17, 15) is 17.3 Å². The van der Waals surface area contributed by atoms with Crippen molar-refractivity contribution in [1.82, 2.24) is 0 Å². The van der Waals surface area contributed by atoms with Gasteiger partial charge >= 0.3 is 7.25 Å². The molecule has 2 heterocycles. The average molecular weight is 1030 g/mol. The van der Waals surface area contributed by atoms with Crippen LogP contribution < -0.4 is 0 Å². The largest absolute Gasteiger partial charge is 0.673 e. The first-order valence-corrected chi connectivity index (χ1v) is 27.0. The first-order chi connectivity index (χ1) is 32.1. The van der Waals surface area contributed by atoms with Crippen molar-refractivity contribution in [1.29, 1.82) is 0 Å². The van der Waals surface area contributed by atoms with Crippen molar-refractivity contribution in [2.24, 2.45) is 0 Å². The van der Waals surface area contributed by atoms with Crippen molar-refractivity contribution < 1.29 is 36.7 Å². The van der Waals surface area contributed by atoms with Gasteiger partial charge in [-0.2, -0.15) is 0 Å². The van der Waals surface area contributed by atoms with E-state index >= 15 is 0 Å². The number of hydrogen-bond acceptors (Lipinski definition) is 0. The maximum absolute atomic E-state index is 9.75. The van der Waals surface area contributed by atoms with E-state index in [1.807, 2.05) is 0 Å². The van der Waals surface area contributed by atoms with Gasteiger partial charge in [-0.3, -0.25) is 0 Å². The first kappa shape index (κ1) is 50.0. The van der Waals surface area contributed by atoms with Crippen LogP contribution in [0, 0.1) is 0 Å². The Balaban J connectivity index is 0.000000391. The SMILES string of the molecule is C1=C\CC/C=C\CC/1.CC(C)(C)P1Cc2ccc3ccccc3c2-c2c(ccc3ccccc23)C1C1c2ccc3ccccc3c2-c2c(ccc3ccccc23)CP1C(C)(C)C.F[B-](F)(F)F.[Rh]. The molecule has 8 heteroatoms. The van der Waals surface area contributed by atoms with E-state index in [0.717, 1.165) is 12.3 Å². The minimum atomic E-state index is -6.00. The van der Waals surface area contributed by atoms with E-state index in [2.05, 4.69) is 211 Å². The summed E-state index contributed by atoms with van der Waals surface area (Å²) in [5.41, 5.74) is 12.8. The van der Waals surface area contributed by atoms with Gasteiger partial charge in [0.25, 0.3) is 0 Å². The molecule has 68 heavy (non-hydrogen) atoms. The fourth-order valence-electron chi connectivity index (χ4n) is 10.9. The van der Waals surface area contributed by atoms with E-state index in [4.69, 9.17) is 0 Å². The fourth-order valence-corrected chi connectivity index (χ4v) is 18.2. The van der Waals surface area contributed by atoms with Gasteiger partial charge in [0.1, 0.15) is 0 Å². The standard InChI is InChI=1S/C52H48P2.C8H12.BF4.Rh/c1-51(2,3)53-31-37-25-23-33-15-7-11-19-39(33)45(37)47-41-21-13-9-17-35(41)27-29-43(47)49(53)50-44-30-28-36-18-10-14-22-42(36)48(44)46-38(32-54(50)52(4,5)6)26-24-34-16-8-12-20-40(34)46;1-2-4-6-8-7-5-3-1;2-1(3,4)5;/h7-30,49-50H,31-32H2,1-6H3;1-2,7-8H,3-6H2;;/q;;-1;/b;2-1-,8-7-;;. The smallest absolute Gasteiger partial charge is 0.418 e. The molecule has 8 aromatic rings. The van der Waals surface area contributed by atoms with Crippen LogP contribution in [0.1, 0.15) is 101 Å². The number of halogens is 4. The van der Waals surface area contributed by atoms with Gasteiger partial charge in [0.2, 0.25) is 0 Å². The van der Waals surface area contributed by atoms with Gasteiger partial charge in [0.15, 0.2) is 0 Å². The van der Waals surface area contributed by atoms with E-state index in [-0.39, 0.29) is 29.8 Å². The van der Waals surface area contributed by atoms with Crippen molar-refractivity contribution >= 4 is 66.2 Å². The Labute approximate surface area is 416 Å². The zero-order valence-electron chi connectivity index (χ0n) is 39.9. The molecule has 3 aliphatic rings. The number of allylic oxidation sites excluding steroid dienone is 4. The van der Waals surface area contributed by atoms with Crippen LogP contribution in [-0.2, 0) is 31.8 Å². The molecule has 0 saturated heterocycles. The third-order valence-corrected chi connectivity index (χ3v) is 21.3. The summed E-state index contributed by atoms with van der Waals surface area (Å²) in [4.78, 5) is 0. The number of benzene rings is 8. The fraction of sp³-hybridized carbons (Fsp3) is 0.267. The van der Waals surface area contributed by atoms with Crippen molar-refractivity contribution in [3.8, 4) is 22.3 Å². The van der Waals surface area contributed by atoms with Crippen LogP contribution in [0.25, 0.3) is 65.3 Å². The number of rotatable bonds is 1. The van der Waals surface area contributed by atoms with Crippen LogP contribution in [0.15, 0.2) is 170 Å². The zero-order chi connectivity index (χ0) is 47.1. The summed E-state index contributed by atoms with van der Waals surface area (Å²) in [6.45, 7) is 15.3. The summed E-state index contributed by atoms with van der Waals surface area (Å²) in [5, 5.41) is 11.1. The molecule has 0 aromatic heterocycles. The minimum Gasteiger partial charge on any atom is -0.418 e. The van der Waals surface area contributed by atoms with Crippen molar-refractivity contribution in [3.63, 3.8) is 0 Å². The average Bonchev–Trinajstić information content (AvgIpc) is 3.54. The maximum Gasteiger partial charge on any atom is 0.673 e. The maximum atomic E-state index is 9.75.